The summed E-state index contributed by atoms with van der Waals surface area (Å²) < 4.78 is 0.771. The molecule has 2 aromatic carbocycles. The minimum atomic E-state index is -0.337. The third-order valence-corrected chi connectivity index (χ3v) is 5.52. The van der Waals surface area contributed by atoms with E-state index in [9.17, 15) is 4.79 Å². The van der Waals surface area contributed by atoms with Crippen LogP contribution >= 0.6 is 23.1 Å². The summed E-state index contributed by atoms with van der Waals surface area (Å²) in [6, 6.07) is 19.1. The minimum Gasteiger partial charge on any atom is -0.363 e. The Balaban J connectivity index is 1.92. The quantitative estimate of drug-likeness (QED) is 0.535. The number of thioether (sulfide) groups is 1. The van der Waals surface area contributed by atoms with Crippen molar-refractivity contribution in [3.8, 4) is 0 Å². The lowest BCUT2D eigenvalue weighted by molar-refractivity contribution is 0.0989. The van der Waals surface area contributed by atoms with Gasteiger partial charge in [-0.15, -0.1) is 10.2 Å². The van der Waals surface area contributed by atoms with Crippen LogP contribution in [0.15, 0.2) is 65.0 Å². The highest BCUT2D eigenvalue weighted by Gasteiger charge is 2.24. The van der Waals surface area contributed by atoms with Crippen LogP contribution in [0.4, 0.5) is 5.13 Å². The average Bonchev–Trinajstić information content (AvgIpc) is 3.08. The van der Waals surface area contributed by atoms with E-state index in [-0.39, 0.29) is 11.0 Å². The molecule has 1 heterocycles. The molecule has 0 aliphatic rings. The van der Waals surface area contributed by atoms with E-state index in [1.54, 1.807) is 7.05 Å². The maximum absolute atomic E-state index is 12.9. The van der Waals surface area contributed by atoms with E-state index in [1.165, 1.54) is 23.1 Å². The SMILES string of the molecule is CNc1nnc(S[C@H](C(=O)c2ccccc2)c2ccccc2)s1. The van der Waals surface area contributed by atoms with Crippen LogP contribution in [-0.2, 0) is 0 Å². The van der Waals surface area contributed by atoms with Crippen molar-refractivity contribution in [1.29, 1.82) is 0 Å². The molecular weight excluding hydrogens is 326 g/mol. The molecule has 0 saturated carbocycles. The lowest BCUT2D eigenvalue weighted by Gasteiger charge is -2.14. The molecule has 3 rings (SSSR count). The van der Waals surface area contributed by atoms with Crippen molar-refractivity contribution in [2.24, 2.45) is 0 Å². The lowest BCUT2D eigenvalue weighted by atomic mass is 10.0. The molecule has 0 aliphatic heterocycles. The first kappa shape index (κ1) is 15.7. The van der Waals surface area contributed by atoms with Gasteiger partial charge in [0.2, 0.25) is 5.13 Å². The predicted octanol–water partition coefficient (Wildman–Crippen LogP) is 4.30. The molecule has 0 unspecified atom stereocenters. The molecule has 0 amide bonds. The van der Waals surface area contributed by atoms with Gasteiger partial charge < -0.3 is 5.32 Å². The number of Topliss-reactive ketones (excluding diaryl/α,β-unsaturated/α-hetero) is 1. The van der Waals surface area contributed by atoms with Gasteiger partial charge in [-0.1, -0.05) is 83.8 Å². The van der Waals surface area contributed by atoms with Gasteiger partial charge in [0, 0.05) is 12.6 Å². The first-order chi connectivity index (χ1) is 11.3. The highest BCUT2D eigenvalue weighted by atomic mass is 32.2. The number of hydrogen-bond acceptors (Lipinski definition) is 6. The Morgan fingerprint density at radius 2 is 1.70 bits per heavy atom. The number of aromatic nitrogens is 2. The number of ketones is 1. The second kappa shape index (κ2) is 7.39. The zero-order chi connectivity index (χ0) is 16.1. The van der Waals surface area contributed by atoms with Crippen LogP contribution in [0, 0.1) is 0 Å². The molecule has 0 radical (unpaired) electrons. The van der Waals surface area contributed by atoms with Crippen molar-refractivity contribution in [2.75, 3.05) is 12.4 Å². The van der Waals surface area contributed by atoms with Crippen molar-refractivity contribution < 1.29 is 4.79 Å². The molecular formula is C17H15N3OS2. The van der Waals surface area contributed by atoms with Crippen molar-refractivity contribution >= 4 is 34.0 Å². The largest absolute Gasteiger partial charge is 0.363 e. The summed E-state index contributed by atoms with van der Waals surface area (Å²) in [4.78, 5) is 12.9. The number of anilines is 1. The van der Waals surface area contributed by atoms with Gasteiger partial charge in [-0.25, -0.2) is 0 Å². The Morgan fingerprint density at radius 1 is 1.04 bits per heavy atom. The molecule has 6 heteroatoms. The molecule has 1 N–H and O–H groups in total. The van der Waals surface area contributed by atoms with Crippen LogP contribution in [0.1, 0.15) is 21.2 Å². The molecule has 4 nitrogen and oxygen atoms in total. The van der Waals surface area contributed by atoms with E-state index in [2.05, 4.69) is 15.5 Å². The lowest BCUT2D eigenvalue weighted by Crippen LogP contribution is -2.09. The van der Waals surface area contributed by atoms with Gasteiger partial charge in [-0.2, -0.15) is 0 Å². The van der Waals surface area contributed by atoms with Crippen LogP contribution in [-0.4, -0.2) is 23.0 Å². The number of nitrogens with one attached hydrogen (secondary N) is 1. The van der Waals surface area contributed by atoms with Gasteiger partial charge in [0.25, 0.3) is 0 Å². The van der Waals surface area contributed by atoms with Crippen LogP contribution in [0.5, 0.6) is 0 Å². The van der Waals surface area contributed by atoms with Gasteiger partial charge >= 0.3 is 0 Å². The average molecular weight is 341 g/mol. The van der Waals surface area contributed by atoms with E-state index in [0.29, 0.717) is 5.56 Å². The Kier molecular flexibility index (Phi) is 5.05. The standard InChI is InChI=1S/C17H15N3OS2/c1-18-16-19-20-17(23-16)22-15(13-10-6-3-7-11-13)14(21)12-8-4-2-5-9-12/h2-11,15H,1H3,(H,18,19)/t15-/m0/s1. The number of nitrogens with zero attached hydrogens (tertiary/aromatic N) is 2. The minimum absolute atomic E-state index is 0.0722. The molecule has 0 saturated heterocycles. The molecule has 1 aromatic heterocycles. The molecule has 3 aromatic rings. The molecule has 0 spiro atoms. The zero-order valence-corrected chi connectivity index (χ0v) is 14.1. The van der Waals surface area contributed by atoms with E-state index >= 15 is 0 Å². The maximum atomic E-state index is 12.9. The summed E-state index contributed by atoms with van der Waals surface area (Å²) in [7, 11) is 1.80. The summed E-state index contributed by atoms with van der Waals surface area (Å²) in [5, 5.41) is 11.6. The van der Waals surface area contributed by atoms with Crippen LogP contribution in [0.2, 0.25) is 0 Å². The Bertz CT molecular complexity index is 775. The second-order valence-electron chi connectivity index (χ2n) is 4.76. The third kappa shape index (κ3) is 3.78. The number of hydrogen-bond donors (Lipinski definition) is 1. The van der Waals surface area contributed by atoms with Crippen LogP contribution < -0.4 is 5.32 Å². The van der Waals surface area contributed by atoms with E-state index in [1.807, 2.05) is 60.7 Å². The predicted molar refractivity (Wildman–Crippen MR) is 95.3 cm³/mol. The molecule has 23 heavy (non-hydrogen) atoms. The second-order valence-corrected chi connectivity index (χ2v) is 7.09. The first-order valence-corrected chi connectivity index (χ1v) is 8.79. The summed E-state index contributed by atoms with van der Waals surface area (Å²) in [6.07, 6.45) is 0. The van der Waals surface area contributed by atoms with E-state index < -0.39 is 0 Å². The highest BCUT2D eigenvalue weighted by Crippen LogP contribution is 2.39. The Labute approximate surface area is 143 Å². The van der Waals surface area contributed by atoms with Gasteiger partial charge in [0.05, 0.1) is 5.25 Å². The smallest absolute Gasteiger partial charge is 0.206 e. The summed E-state index contributed by atoms with van der Waals surface area (Å²) in [5.41, 5.74) is 1.67. The number of carbonyl (C=O) groups is 1. The molecule has 0 aliphatic carbocycles. The van der Waals surface area contributed by atoms with Crippen LogP contribution in [0.3, 0.4) is 0 Å². The van der Waals surface area contributed by atoms with Gasteiger partial charge in [0.1, 0.15) is 0 Å². The summed E-state index contributed by atoms with van der Waals surface area (Å²) >= 11 is 2.88. The van der Waals surface area contributed by atoms with Crippen molar-refractivity contribution in [3.05, 3.63) is 71.8 Å². The topological polar surface area (TPSA) is 54.9 Å². The molecule has 116 valence electrons. The van der Waals surface area contributed by atoms with Crippen LogP contribution in [0.25, 0.3) is 0 Å². The van der Waals surface area contributed by atoms with Crippen molar-refractivity contribution in [1.82, 2.24) is 10.2 Å². The monoisotopic (exact) mass is 341 g/mol. The molecule has 0 fully saturated rings. The Hall–Kier alpha value is -2.18. The van der Waals surface area contributed by atoms with Gasteiger partial charge in [0.15, 0.2) is 10.1 Å². The Morgan fingerprint density at radius 3 is 2.30 bits per heavy atom. The number of rotatable bonds is 6. The summed E-state index contributed by atoms with van der Waals surface area (Å²) in [5.74, 6) is 0.0722. The molecule has 1 atom stereocenters. The van der Waals surface area contributed by atoms with Gasteiger partial charge in [-0.05, 0) is 5.56 Å². The van der Waals surface area contributed by atoms with E-state index in [4.69, 9.17) is 0 Å². The molecule has 0 bridgehead atoms. The highest BCUT2D eigenvalue weighted by molar-refractivity contribution is 8.02. The number of carbonyl (C=O) groups excluding carboxylic acids is 1. The van der Waals surface area contributed by atoms with Crippen molar-refractivity contribution in [2.45, 2.75) is 9.59 Å². The maximum Gasteiger partial charge on any atom is 0.206 e. The van der Waals surface area contributed by atoms with E-state index in [0.717, 1.165) is 15.0 Å². The fourth-order valence-electron chi connectivity index (χ4n) is 2.11. The summed E-state index contributed by atoms with van der Waals surface area (Å²) in [6.45, 7) is 0. The normalized spacial score (nSPS) is 11.9. The fraction of sp³-hybridized carbons (Fsp3) is 0.118. The van der Waals surface area contributed by atoms with Gasteiger partial charge in [-0.3, -0.25) is 4.79 Å². The fourth-order valence-corrected chi connectivity index (χ4v) is 4.09. The third-order valence-electron chi connectivity index (χ3n) is 3.24. The first-order valence-electron chi connectivity index (χ1n) is 7.10. The van der Waals surface area contributed by atoms with Crippen molar-refractivity contribution in [3.63, 3.8) is 0 Å². The number of benzene rings is 2. The zero-order valence-electron chi connectivity index (χ0n) is 12.5.